The molecule has 0 aromatic heterocycles. The van der Waals surface area contributed by atoms with Crippen LogP contribution in [-0.2, 0) is 9.53 Å². The Hall–Kier alpha value is -1.05. The Balaban J connectivity index is 2.40. The molecule has 0 aromatic carbocycles. The van der Waals surface area contributed by atoms with E-state index < -0.39 is 0 Å². The molecule has 2 atom stereocenters. The maximum Gasteiger partial charge on any atom is 0.337 e. The van der Waals surface area contributed by atoms with E-state index in [-0.39, 0.29) is 5.97 Å². The molecule has 88 valence electrons. The fraction of sp³-hybridized carbons (Fsp3) is 0.643. The molecule has 16 heavy (non-hydrogen) atoms. The van der Waals surface area contributed by atoms with E-state index in [2.05, 4.69) is 19.9 Å². The average molecular weight is 220 g/mol. The molecular formula is C14H20O2. The summed E-state index contributed by atoms with van der Waals surface area (Å²) in [4.78, 5) is 11.7. The summed E-state index contributed by atoms with van der Waals surface area (Å²) in [5.41, 5.74) is 3.62. The van der Waals surface area contributed by atoms with Crippen LogP contribution in [0.25, 0.3) is 0 Å². The molecule has 0 aliphatic heterocycles. The first kappa shape index (κ1) is 11.4. The van der Waals surface area contributed by atoms with Crippen molar-refractivity contribution in [3.05, 3.63) is 22.8 Å². The average Bonchev–Trinajstić information content (AvgIpc) is 2.33. The minimum Gasteiger partial charge on any atom is -0.465 e. The molecule has 0 fully saturated rings. The molecule has 0 aromatic rings. The summed E-state index contributed by atoms with van der Waals surface area (Å²) in [6.45, 7) is 4.46. The van der Waals surface area contributed by atoms with Crippen LogP contribution in [0.1, 0.15) is 39.5 Å². The fourth-order valence-electron chi connectivity index (χ4n) is 2.87. The third-order valence-electron chi connectivity index (χ3n) is 4.01. The zero-order valence-electron chi connectivity index (χ0n) is 10.4. The molecule has 2 unspecified atom stereocenters. The minimum atomic E-state index is -0.159. The van der Waals surface area contributed by atoms with Gasteiger partial charge in [0.25, 0.3) is 0 Å². The van der Waals surface area contributed by atoms with Crippen LogP contribution >= 0.6 is 0 Å². The molecule has 0 bridgehead atoms. The van der Waals surface area contributed by atoms with Crippen LogP contribution in [0, 0.1) is 11.8 Å². The topological polar surface area (TPSA) is 26.3 Å². The lowest BCUT2D eigenvalue weighted by Gasteiger charge is -2.33. The second-order valence-electron chi connectivity index (χ2n) is 4.93. The standard InChI is InChI=1S/C14H20O2/c1-9-8-13(14(15)16-3)12-7-5-4-6-11(12)10(9)2/h8-10H,4-7H2,1-3H3. The second kappa shape index (κ2) is 4.44. The number of ether oxygens (including phenoxy) is 1. The van der Waals surface area contributed by atoms with Gasteiger partial charge in [-0.2, -0.15) is 0 Å². The number of carbonyl (C=O) groups excluding carboxylic acids is 1. The van der Waals surface area contributed by atoms with Crippen LogP contribution in [0.2, 0.25) is 0 Å². The molecule has 0 saturated carbocycles. The first-order chi connectivity index (χ1) is 7.65. The lowest BCUT2D eigenvalue weighted by Crippen LogP contribution is -2.23. The van der Waals surface area contributed by atoms with Gasteiger partial charge in [-0.1, -0.05) is 25.5 Å². The van der Waals surface area contributed by atoms with E-state index in [1.165, 1.54) is 31.1 Å². The molecule has 2 heteroatoms. The van der Waals surface area contributed by atoms with Crippen LogP contribution in [0.3, 0.4) is 0 Å². The maximum absolute atomic E-state index is 11.7. The predicted octanol–water partition coefficient (Wildman–Crippen LogP) is 3.24. The third-order valence-corrected chi connectivity index (χ3v) is 4.01. The van der Waals surface area contributed by atoms with E-state index in [9.17, 15) is 4.79 Å². The highest BCUT2D eigenvalue weighted by atomic mass is 16.5. The highest BCUT2D eigenvalue weighted by molar-refractivity contribution is 5.94. The Labute approximate surface area is 97.4 Å². The number of hydrogen-bond donors (Lipinski definition) is 0. The zero-order valence-corrected chi connectivity index (χ0v) is 10.4. The van der Waals surface area contributed by atoms with Gasteiger partial charge in [0, 0.05) is 0 Å². The molecule has 0 heterocycles. The van der Waals surface area contributed by atoms with Gasteiger partial charge in [0.2, 0.25) is 0 Å². The molecule has 0 amide bonds. The van der Waals surface area contributed by atoms with Gasteiger partial charge in [0.15, 0.2) is 0 Å². The van der Waals surface area contributed by atoms with Gasteiger partial charge >= 0.3 is 5.97 Å². The van der Waals surface area contributed by atoms with Crippen molar-refractivity contribution in [3.8, 4) is 0 Å². The summed E-state index contributed by atoms with van der Waals surface area (Å²) in [6, 6.07) is 0. The zero-order chi connectivity index (χ0) is 11.7. The molecule has 0 N–H and O–H groups in total. The van der Waals surface area contributed by atoms with Crippen LogP contribution < -0.4 is 0 Å². The first-order valence-electron chi connectivity index (χ1n) is 6.17. The van der Waals surface area contributed by atoms with Gasteiger partial charge in [0.1, 0.15) is 0 Å². The van der Waals surface area contributed by atoms with Gasteiger partial charge < -0.3 is 4.74 Å². The second-order valence-corrected chi connectivity index (χ2v) is 4.93. The van der Waals surface area contributed by atoms with Crippen LogP contribution in [-0.4, -0.2) is 13.1 Å². The van der Waals surface area contributed by atoms with E-state index in [0.29, 0.717) is 11.8 Å². The van der Waals surface area contributed by atoms with Crippen molar-refractivity contribution in [1.82, 2.24) is 0 Å². The van der Waals surface area contributed by atoms with Crippen molar-refractivity contribution >= 4 is 5.97 Å². The van der Waals surface area contributed by atoms with E-state index in [1.54, 1.807) is 0 Å². The predicted molar refractivity (Wildman–Crippen MR) is 63.9 cm³/mol. The summed E-state index contributed by atoms with van der Waals surface area (Å²) in [6.07, 6.45) is 6.78. The molecular weight excluding hydrogens is 200 g/mol. The number of methoxy groups -OCH3 is 1. The van der Waals surface area contributed by atoms with Crippen molar-refractivity contribution in [1.29, 1.82) is 0 Å². The molecule has 2 rings (SSSR count). The van der Waals surface area contributed by atoms with Crippen molar-refractivity contribution in [2.24, 2.45) is 11.8 Å². The number of hydrogen-bond acceptors (Lipinski definition) is 2. The van der Waals surface area contributed by atoms with Gasteiger partial charge in [-0.3, -0.25) is 0 Å². The van der Waals surface area contributed by atoms with Crippen LogP contribution in [0.15, 0.2) is 22.8 Å². The lowest BCUT2D eigenvalue weighted by atomic mass is 9.72. The molecule has 2 aliphatic rings. The first-order valence-corrected chi connectivity index (χ1v) is 6.17. The van der Waals surface area contributed by atoms with Crippen molar-refractivity contribution in [3.63, 3.8) is 0 Å². The number of carbonyl (C=O) groups is 1. The van der Waals surface area contributed by atoms with Gasteiger partial charge in [0.05, 0.1) is 12.7 Å². The van der Waals surface area contributed by atoms with Crippen molar-refractivity contribution in [2.75, 3.05) is 7.11 Å². The SMILES string of the molecule is COC(=O)C1=CC(C)C(C)C2=C1CCCC2. The Morgan fingerprint density at radius 3 is 2.69 bits per heavy atom. The number of esters is 1. The molecule has 2 nitrogen and oxygen atoms in total. The molecule has 2 aliphatic carbocycles. The summed E-state index contributed by atoms with van der Waals surface area (Å²) in [7, 11) is 1.47. The summed E-state index contributed by atoms with van der Waals surface area (Å²) in [5.74, 6) is 0.878. The largest absolute Gasteiger partial charge is 0.465 e. The fourth-order valence-corrected chi connectivity index (χ4v) is 2.87. The van der Waals surface area contributed by atoms with Crippen LogP contribution in [0.5, 0.6) is 0 Å². The minimum absolute atomic E-state index is 0.159. The Morgan fingerprint density at radius 1 is 1.31 bits per heavy atom. The normalized spacial score (nSPS) is 29.6. The van der Waals surface area contributed by atoms with E-state index in [1.807, 2.05) is 0 Å². The smallest absolute Gasteiger partial charge is 0.337 e. The maximum atomic E-state index is 11.7. The Morgan fingerprint density at radius 2 is 2.00 bits per heavy atom. The van der Waals surface area contributed by atoms with Crippen molar-refractivity contribution < 1.29 is 9.53 Å². The number of allylic oxidation sites excluding steroid dienone is 2. The summed E-state index contributed by atoms with van der Waals surface area (Å²) in [5, 5.41) is 0. The summed E-state index contributed by atoms with van der Waals surface area (Å²) < 4.78 is 4.88. The number of rotatable bonds is 1. The van der Waals surface area contributed by atoms with Gasteiger partial charge in [-0.25, -0.2) is 4.79 Å². The summed E-state index contributed by atoms with van der Waals surface area (Å²) >= 11 is 0. The van der Waals surface area contributed by atoms with Crippen molar-refractivity contribution in [2.45, 2.75) is 39.5 Å². The van der Waals surface area contributed by atoms with E-state index in [0.717, 1.165) is 18.4 Å². The monoisotopic (exact) mass is 220 g/mol. The molecule has 0 radical (unpaired) electrons. The molecule has 0 saturated heterocycles. The Kier molecular flexibility index (Phi) is 3.17. The quantitative estimate of drug-likeness (QED) is 0.634. The third kappa shape index (κ3) is 1.81. The van der Waals surface area contributed by atoms with Gasteiger partial charge in [-0.05, 0) is 43.1 Å². The lowest BCUT2D eigenvalue weighted by molar-refractivity contribution is -0.135. The highest BCUT2D eigenvalue weighted by Crippen LogP contribution is 2.41. The molecule has 0 spiro atoms. The van der Waals surface area contributed by atoms with E-state index >= 15 is 0 Å². The van der Waals surface area contributed by atoms with Crippen LogP contribution in [0.4, 0.5) is 0 Å². The van der Waals surface area contributed by atoms with E-state index in [4.69, 9.17) is 4.74 Å². The highest BCUT2D eigenvalue weighted by Gasteiger charge is 2.30. The Bertz CT molecular complexity index is 363. The van der Waals surface area contributed by atoms with Gasteiger partial charge in [-0.15, -0.1) is 0 Å².